The van der Waals surface area contributed by atoms with Crippen LogP contribution in [0.2, 0.25) is 0 Å². The molecule has 0 radical (unpaired) electrons. The minimum atomic E-state index is -0.223. The van der Waals surface area contributed by atoms with Gasteiger partial charge in [0, 0.05) is 25.4 Å². The molecule has 0 saturated carbocycles. The van der Waals surface area contributed by atoms with Gasteiger partial charge in [0.15, 0.2) is 0 Å². The summed E-state index contributed by atoms with van der Waals surface area (Å²) >= 11 is 0. The van der Waals surface area contributed by atoms with Gasteiger partial charge < -0.3 is 15.4 Å². The Kier molecular flexibility index (Phi) is 4.79. The van der Waals surface area contributed by atoms with E-state index in [9.17, 15) is 4.79 Å². The maximum Gasteiger partial charge on any atom is 0.253 e. The van der Waals surface area contributed by atoms with E-state index in [2.05, 4.69) is 17.2 Å². The van der Waals surface area contributed by atoms with Gasteiger partial charge in [0.05, 0.1) is 11.2 Å². The van der Waals surface area contributed by atoms with Crippen LogP contribution in [0.15, 0.2) is 36.9 Å². The van der Waals surface area contributed by atoms with E-state index in [1.165, 1.54) is 0 Å². The van der Waals surface area contributed by atoms with Crippen LogP contribution < -0.4 is 10.6 Å². The summed E-state index contributed by atoms with van der Waals surface area (Å²) in [5.74, 6) is -0.0751. The topological polar surface area (TPSA) is 50.4 Å². The van der Waals surface area contributed by atoms with Crippen molar-refractivity contribution in [2.75, 3.05) is 25.0 Å². The van der Waals surface area contributed by atoms with Gasteiger partial charge in [-0.1, -0.05) is 18.2 Å². The Balaban J connectivity index is 1.99. The highest BCUT2D eigenvalue weighted by Crippen LogP contribution is 2.24. The molecule has 1 amide bonds. The van der Waals surface area contributed by atoms with Gasteiger partial charge in [0.25, 0.3) is 5.91 Å². The number of hydrogen-bond acceptors (Lipinski definition) is 3. The molecule has 0 spiro atoms. The van der Waals surface area contributed by atoms with E-state index in [0.717, 1.165) is 25.1 Å². The van der Waals surface area contributed by atoms with E-state index < -0.39 is 0 Å². The predicted molar refractivity (Wildman–Crippen MR) is 81.1 cm³/mol. The van der Waals surface area contributed by atoms with Crippen LogP contribution in [0.1, 0.15) is 30.1 Å². The zero-order valence-corrected chi connectivity index (χ0v) is 11.9. The van der Waals surface area contributed by atoms with Crippen molar-refractivity contribution in [1.82, 2.24) is 5.32 Å². The van der Waals surface area contributed by atoms with E-state index in [0.29, 0.717) is 18.7 Å². The average molecular weight is 274 g/mol. The number of rotatable bonds is 6. The molecule has 1 unspecified atom stereocenters. The maximum atomic E-state index is 12.3. The molecule has 1 saturated heterocycles. The largest absolute Gasteiger partial charge is 0.381 e. The predicted octanol–water partition coefficient (Wildman–Crippen LogP) is 2.58. The van der Waals surface area contributed by atoms with Crippen molar-refractivity contribution in [2.45, 2.75) is 25.4 Å². The van der Waals surface area contributed by atoms with E-state index >= 15 is 0 Å². The quantitative estimate of drug-likeness (QED) is 0.784. The summed E-state index contributed by atoms with van der Waals surface area (Å²) < 4.78 is 5.68. The molecule has 1 heterocycles. The molecule has 1 aliphatic rings. The monoisotopic (exact) mass is 274 g/mol. The van der Waals surface area contributed by atoms with E-state index in [4.69, 9.17) is 4.74 Å². The molecule has 0 aromatic heterocycles. The third-order valence-corrected chi connectivity index (χ3v) is 3.53. The highest BCUT2D eigenvalue weighted by atomic mass is 16.5. The van der Waals surface area contributed by atoms with Gasteiger partial charge >= 0.3 is 0 Å². The zero-order valence-electron chi connectivity index (χ0n) is 11.9. The van der Waals surface area contributed by atoms with Crippen LogP contribution in [0.4, 0.5) is 5.69 Å². The summed E-state index contributed by atoms with van der Waals surface area (Å²) in [5.41, 5.74) is 1.25. The van der Waals surface area contributed by atoms with E-state index in [1.54, 1.807) is 6.08 Å². The lowest BCUT2D eigenvalue weighted by Gasteiger charge is -2.23. The van der Waals surface area contributed by atoms with Crippen LogP contribution in [-0.2, 0) is 4.74 Å². The molecule has 1 fully saturated rings. The Hall–Kier alpha value is -1.81. The van der Waals surface area contributed by atoms with Crippen molar-refractivity contribution < 1.29 is 9.53 Å². The highest BCUT2D eigenvalue weighted by molar-refractivity contribution is 5.99. The number of nitrogens with one attached hydrogen (secondary N) is 2. The molecule has 1 aliphatic heterocycles. The summed E-state index contributed by atoms with van der Waals surface area (Å²) in [7, 11) is 0. The normalized spacial score (nSPS) is 21.4. The van der Waals surface area contributed by atoms with Crippen LogP contribution in [0.25, 0.3) is 0 Å². The van der Waals surface area contributed by atoms with Crippen molar-refractivity contribution in [2.24, 2.45) is 0 Å². The number of anilines is 1. The van der Waals surface area contributed by atoms with Gasteiger partial charge in [-0.05, 0) is 31.9 Å². The van der Waals surface area contributed by atoms with Crippen molar-refractivity contribution in [3.63, 3.8) is 0 Å². The summed E-state index contributed by atoms with van der Waals surface area (Å²) in [6.07, 6.45) is 3.82. The van der Waals surface area contributed by atoms with Crippen molar-refractivity contribution in [1.29, 1.82) is 0 Å². The second kappa shape index (κ2) is 6.57. The number of benzene rings is 1. The van der Waals surface area contributed by atoms with E-state index in [1.807, 2.05) is 31.2 Å². The first-order chi connectivity index (χ1) is 9.64. The molecule has 20 heavy (non-hydrogen) atoms. The summed E-state index contributed by atoms with van der Waals surface area (Å²) in [4.78, 5) is 12.3. The Morgan fingerprint density at radius 3 is 3.00 bits per heavy atom. The number of carbonyl (C=O) groups is 1. The lowest BCUT2D eigenvalue weighted by molar-refractivity contribution is 0.0206. The Labute approximate surface area is 120 Å². The fourth-order valence-corrected chi connectivity index (χ4v) is 2.36. The average Bonchev–Trinajstić information content (AvgIpc) is 2.90. The van der Waals surface area contributed by atoms with Crippen LogP contribution >= 0.6 is 0 Å². The first-order valence-electron chi connectivity index (χ1n) is 7.00. The Bertz CT molecular complexity index is 479. The summed E-state index contributed by atoms with van der Waals surface area (Å²) in [6, 6.07) is 7.48. The standard InChI is InChI=1S/C16H22N2O2/c1-3-10-17-14-8-5-4-7-13(14)15(19)18-12-16(2)9-6-11-20-16/h3-5,7-8,17H,1,6,9-12H2,2H3,(H,18,19). The first-order valence-corrected chi connectivity index (χ1v) is 7.00. The number of para-hydroxylation sites is 1. The van der Waals surface area contributed by atoms with Crippen LogP contribution in [0, 0.1) is 0 Å². The molecule has 2 N–H and O–H groups in total. The van der Waals surface area contributed by atoms with Crippen LogP contribution in [-0.4, -0.2) is 31.2 Å². The Morgan fingerprint density at radius 1 is 1.50 bits per heavy atom. The molecule has 1 aromatic rings. The minimum Gasteiger partial charge on any atom is -0.381 e. The molecule has 1 aromatic carbocycles. The van der Waals surface area contributed by atoms with Gasteiger partial charge in [0.2, 0.25) is 0 Å². The molecule has 1 atom stereocenters. The molecular weight excluding hydrogens is 252 g/mol. The van der Waals surface area contributed by atoms with Gasteiger partial charge in [-0.2, -0.15) is 0 Å². The SMILES string of the molecule is C=CCNc1ccccc1C(=O)NCC1(C)CCCO1. The fraction of sp³-hybridized carbons (Fsp3) is 0.438. The third-order valence-electron chi connectivity index (χ3n) is 3.53. The lowest BCUT2D eigenvalue weighted by Crippen LogP contribution is -2.40. The second-order valence-corrected chi connectivity index (χ2v) is 5.30. The highest BCUT2D eigenvalue weighted by Gasteiger charge is 2.30. The summed E-state index contributed by atoms with van der Waals surface area (Å²) in [5, 5.41) is 6.14. The zero-order chi connectivity index (χ0) is 14.4. The van der Waals surface area contributed by atoms with Gasteiger partial charge in [-0.25, -0.2) is 0 Å². The third kappa shape index (κ3) is 3.61. The number of ether oxygens (including phenoxy) is 1. The van der Waals surface area contributed by atoms with Gasteiger partial charge in [-0.3, -0.25) is 4.79 Å². The van der Waals surface area contributed by atoms with Gasteiger partial charge in [-0.15, -0.1) is 6.58 Å². The van der Waals surface area contributed by atoms with Crippen molar-refractivity contribution in [3.8, 4) is 0 Å². The number of amides is 1. The maximum absolute atomic E-state index is 12.3. The van der Waals surface area contributed by atoms with E-state index in [-0.39, 0.29) is 11.5 Å². The van der Waals surface area contributed by atoms with Crippen LogP contribution in [0.5, 0.6) is 0 Å². The minimum absolute atomic E-state index is 0.0751. The smallest absolute Gasteiger partial charge is 0.253 e. The number of carbonyl (C=O) groups excluding carboxylic acids is 1. The van der Waals surface area contributed by atoms with Gasteiger partial charge in [0.1, 0.15) is 0 Å². The fourth-order valence-electron chi connectivity index (χ4n) is 2.36. The molecule has 0 bridgehead atoms. The molecule has 4 heteroatoms. The second-order valence-electron chi connectivity index (χ2n) is 5.30. The van der Waals surface area contributed by atoms with Crippen molar-refractivity contribution >= 4 is 11.6 Å². The van der Waals surface area contributed by atoms with Crippen LogP contribution in [0.3, 0.4) is 0 Å². The molecule has 108 valence electrons. The lowest BCUT2D eigenvalue weighted by atomic mass is 10.0. The first kappa shape index (κ1) is 14.6. The van der Waals surface area contributed by atoms with Crippen molar-refractivity contribution in [3.05, 3.63) is 42.5 Å². The molecule has 2 rings (SSSR count). The molecular formula is C16H22N2O2. The molecule has 0 aliphatic carbocycles. The Morgan fingerprint density at radius 2 is 2.30 bits per heavy atom. The summed E-state index contributed by atoms with van der Waals surface area (Å²) in [6.45, 7) is 7.67. The molecule has 4 nitrogen and oxygen atoms in total. The number of hydrogen-bond donors (Lipinski definition) is 2.